The molecule has 222 valence electrons. The lowest BCUT2D eigenvalue weighted by Crippen LogP contribution is -2.43. The number of H-pyrrole nitrogens is 1. The number of aromatic amines is 1. The number of benzene rings is 2. The Balaban J connectivity index is 1.24. The highest BCUT2D eigenvalue weighted by molar-refractivity contribution is 5.99. The number of nitrogens with zero attached hydrogens (tertiary/aromatic N) is 6. The van der Waals surface area contributed by atoms with Gasteiger partial charge in [-0.3, -0.25) is 9.88 Å². The fourth-order valence-corrected chi connectivity index (χ4v) is 7.19. The van der Waals surface area contributed by atoms with E-state index in [4.69, 9.17) is 9.72 Å². The molecule has 0 unspecified atom stereocenters. The van der Waals surface area contributed by atoms with Gasteiger partial charge in [-0.1, -0.05) is 30.3 Å². The second-order valence-electron chi connectivity index (χ2n) is 11.9. The van der Waals surface area contributed by atoms with Crippen LogP contribution in [0.4, 0.5) is 14.6 Å². The summed E-state index contributed by atoms with van der Waals surface area (Å²) in [6, 6.07) is 14.1. The number of aromatic nitrogens is 5. The number of fused-ring (bicyclic) bond motifs is 4. The fraction of sp³-hybridized carbons (Fsp3) is 0.294. The van der Waals surface area contributed by atoms with E-state index < -0.39 is 11.6 Å². The lowest BCUT2D eigenvalue weighted by atomic mass is 9.95. The van der Waals surface area contributed by atoms with E-state index in [1.54, 1.807) is 42.7 Å². The van der Waals surface area contributed by atoms with Crippen LogP contribution in [-0.2, 0) is 6.54 Å². The van der Waals surface area contributed by atoms with Crippen molar-refractivity contribution in [3.05, 3.63) is 84.3 Å². The third kappa shape index (κ3) is 4.35. The van der Waals surface area contributed by atoms with Crippen molar-refractivity contribution in [2.75, 3.05) is 31.6 Å². The molecule has 0 amide bonds. The Kier molecular flexibility index (Phi) is 6.41. The van der Waals surface area contributed by atoms with E-state index >= 15 is 8.78 Å². The number of pyridine rings is 2. The molecule has 1 N–H and O–H groups in total. The highest BCUT2D eigenvalue weighted by Crippen LogP contribution is 2.40. The molecule has 2 aliphatic heterocycles. The molecule has 44 heavy (non-hydrogen) atoms. The zero-order chi connectivity index (χ0) is 29.8. The Morgan fingerprint density at radius 2 is 1.80 bits per heavy atom. The largest absolute Gasteiger partial charge is 0.461 e. The van der Waals surface area contributed by atoms with Gasteiger partial charge in [-0.05, 0) is 67.9 Å². The molecule has 2 aromatic carbocycles. The molecule has 8 rings (SSSR count). The van der Waals surface area contributed by atoms with E-state index in [1.807, 2.05) is 30.3 Å². The van der Waals surface area contributed by atoms with Crippen molar-refractivity contribution in [2.24, 2.45) is 0 Å². The van der Waals surface area contributed by atoms with Gasteiger partial charge in [0, 0.05) is 48.5 Å². The SMILES string of the molecule is CN(Cc1c[nH]c2ncccc12)c1nc(OCC23CCCN2CCC3)nc2c(F)c(-c3cccc4cccc(F)c34)ncc12. The summed E-state index contributed by atoms with van der Waals surface area (Å²) in [6.07, 6.45) is 9.66. The zero-order valence-corrected chi connectivity index (χ0v) is 24.4. The normalized spacial score (nSPS) is 16.2. The van der Waals surface area contributed by atoms with Crippen molar-refractivity contribution in [2.45, 2.75) is 37.8 Å². The number of halogens is 2. The zero-order valence-electron chi connectivity index (χ0n) is 24.4. The molecule has 4 aromatic heterocycles. The van der Waals surface area contributed by atoms with Crippen molar-refractivity contribution >= 4 is 38.5 Å². The van der Waals surface area contributed by atoms with Crippen LogP contribution in [0.15, 0.2) is 67.1 Å². The van der Waals surface area contributed by atoms with E-state index in [1.165, 1.54) is 6.07 Å². The second-order valence-corrected chi connectivity index (χ2v) is 11.9. The average molecular weight is 592 g/mol. The lowest BCUT2D eigenvalue weighted by molar-refractivity contribution is 0.108. The van der Waals surface area contributed by atoms with E-state index in [-0.39, 0.29) is 22.8 Å². The molecule has 2 fully saturated rings. The first-order valence-corrected chi connectivity index (χ1v) is 15.0. The minimum atomic E-state index is -0.641. The molecule has 0 spiro atoms. The first-order valence-electron chi connectivity index (χ1n) is 15.0. The number of ether oxygens (including phenoxy) is 1. The van der Waals surface area contributed by atoms with Crippen molar-refractivity contribution in [1.82, 2.24) is 29.8 Å². The summed E-state index contributed by atoms with van der Waals surface area (Å²) in [4.78, 5) is 26.0. The van der Waals surface area contributed by atoms with Crippen molar-refractivity contribution in [3.63, 3.8) is 0 Å². The first kappa shape index (κ1) is 26.9. The molecule has 10 heteroatoms. The molecule has 0 atom stereocenters. The monoisotopic (exact) mass is 591 g/mol. The van der Waals surface area contributed by atoms with Crippen LogP contribution < -0.4 is 9.64 Å². The highest BCUT2D eigenvalue weighted by atomic mass is 19.1. The van der Waals surface area contributed by atoms with E-state index in [9.17, 15) is 0 Å². The second kappa shape index (κ2) is 10.5. The third-order valence-electron chi connectivity index (χ3n) is 9.34. The minimum absolute atomic E-state index is 0.0240. The molecule has 8 nitrogen and oxygen atoms in total. The standard InChI is InChI=1S/C34H31F2N7O/c1-42(19-22-17-39-31-23(22)10-4-14-37-31)32-25-18-38-29(24-9-2-7-21-8-3-11-26(35)27(21)24)28(36)30(25)40-33(41-32)44-20-34-12-5-15-43(34)16-6-13-34/h2-4,7-11,14,17-18H,5-6,12-13,15-16,19-20H2,1H3,(H,37,39). The number of anilines is 1. The summed E-state index contributed by atoms with van der Waals surface area (Å²) in [5.41, 5.74) is 2.28. The van der Waals surface area contributed by atoms with Gasteiger partial charge in [-0.2, -0.15) is 9.97 Å². The minimum Gasteiger partial charge on any atom is -0.461 e. The molecule has 0 radical (unpaired) electrons. The predicted octanol–water partition coefficient (Wildman–Crippen LogP) is 6.64. The summed E-state index contributed by atoms with van der Waals surface area (Å²) < 4.78 is 38.0. The van der Waals surface area contributed by atoms with Crippen LogP contribution in [0.1, 0.15) is 31.2 Å². The molecular weight excluding hydrogens is 560 g/mol. The molecule has 6 aromatic rings. The molecular formula is C34H31F2N7O. The van der Waals surface area contributed by atoms with Gasteiger partial charge in [0.25, 0.3) is 0 Å². The van der Waals surface area contributed by atoms with Crippen molar-refractivity contribution in [3.8, 4) is 17.3 Å². The van der Waals surface area contributed by atoms with Crippen LogP contribution in [0.25, 0.3) is 44.0 Å². The van der Waals surface area contributed by atoms with Gasteiger partial charge in [0.2, 0.25) is 0 Å². The maximum absolute atomic E-state index is 16.6. The Morgan fingerprint density at radius 1 is 0.977 bits per heavy atom. The van der Waals surface area contributed by atoms with Crippen LogP contribution >= 0.6 is 0 Å². The molecule has 6 heterocycles. The maximum Gasteiger partial charge on any atom is 0.319 e. The number of hydrogen-bond acceptors (Lipinski definition) is 7. The summed E-state index contributed by atoms with van der Waals surface area (Å²) in [6.45, 7) is 3.07. The van der Waals surface area contributed by atoms with Gasteiger partial charge in [-0.15, -0.1) is 0 Å². The van der Waals surface area contributed by atoms with Crippen LogP contribution in [0.5, 0.6) is 6.01 Å². The Hall–Kier alpha value is -4.70. The van der Waals surface area contributed by atoms with Gasteiger partial charge >= 0.3 is 6.01 Å². The Morgan fingerprint density at radius 3 is 2.64 bits per heavy atom. The third-order valence-corrected chi connectivity index (χ3v) is 9.34. The first-order chi connectivity index (χ1) is 21.5. The summed E-state index contributed by atoms with van der Waals surface area (Å²) in [7, 11) is 1.90. The van der Waals surface area contributed by atoms with Gasteiger partial charge < -0.3 is 14.6 Å². The fourth-order valence-electron chi connectivity index (χ4n) is 7.19. The van der Waals surface area contributed by atoms with Crippen LogP contribution in [0.2, 0.25) is 0 Å². The van der Waals surface area contributed by atoms with Gasteiger partial charge in [-0.25, -0.2) is 13.8 Å². The van der Waals surface area contributed by atoms with Crippen molar-refractivity contribution in [1.29, 1.82) is 0 Å². The Labute approximate surface area is 252 Å². The highest BCUT2D eigenvalue weighted by Gasteiger charge is 2.45. The number of hydrogen-bond donors (Lipinski definition) is 1. The number of rotatable bonds is 7. The maximum atomic E-state index is 16.6. The van der Waals surface area contributed by atoms with Gasteiger partial charge in [0.15, 0.2) is 5.82 Å². The van der Waals surface area contributed by atoms with Crippen molar-refractivity contribution < 1.29 is 13.5 Å². The van der Waals surface area contributed by atoms with E-state index in [0.717, 1.165) is 55.4 Å². The van der Waals surface area contributed by atoms with Crippen LogP contribution in [0.3, 0.4) is 0 Å². The van der Waals surface area contributed by atoms with Crippen LogP contribution in [-0.4, -0.2) is 62.1 Å². The quantitative estimate of drug-likeness (QED) is 0.223. The smallest absolute Gasteiger partial charge is 0.319 e. The average Bonchev–Trinajstić information content (AvgIpc) is 3.75. The molecule has 0 aliphatic carbocycles. The molecule has 2 aliphatic rings. The Bertz CT molecular complexity index is 2030. The van der Waals surface area contributed by atoms with Gasteiger partial charge in [0.1, 0.15) is 35.1 Å². The molecule has 0 saturated carbocycles. The molecule has 0 bridgehead atoms. The summed E-state index contributed by atoms with van der Waals surface area (Å²) in [5.74, 6) is -0.577. The lowest BCUT2D eigenvalue weighted by Gasteiger charge is -2.31. The van der Waals surface area contributed by atoms with Gasteiger partial charge in [0.05, 0.1) is 10.9 Å². The summed E-state index contributed by atoms with van der Waals surface area (Å²) >= 11 is 0. The topological polar surface area (TPSA) is 83.1 Å². The predicted molar refractivity (Wildman–Crippen MR) is 167 cm³/mol. The number of nitrogens with one attached hydrogen (secondary N) is 1. The van der Waals surface area contributed by atoms with E-state index in [0.29, 0.717) is 40.7 Å². The van der Waals surface area contributed by atoms with Crippen LogP contribution in [0, 0.1) is 11.6 Å². The van der Waals surface area contributed by atoms with E-state index in [2.05, 4.69) is 24.8 Å². The molecule has 2 saturated heterocycles. The summed E-state index contributed by atoms with van der Waals surface area (Å²) in [5, 5.41) is 2.43.